The molecule has 0 aromatic heterocycles. The Morgan fingerprint density at radius 2 is 2.33 bits per heavy atom. The van der Waals surface area contributed by atoms with Gasteiger partial charge in [-0.15, -0.1) is 0 Å². The third kappa shape index (κ3) is 2.49. The second-order valence-electron chi connectivity index (χ2n) is 3.92. The molecule has 2 atom stereocenters. The quantitative estimate of drug-likeness (QED) is 0.632. The first-order valence-corrected chi connectivity index (χ1v) is 4.75. The summed E-state index contributed by atoms with van der Waals surface area (Å²) in [7, 11) is 0. The minimum atomic E-state index is 0.140. The summed E-state index contributed by atoms with van der Waals surface area (Å²) in [6.07, 6.45) is 3.29. The lowest BCUT2D eigenvalue weighted by molar-refractivity contribution is -0.0197. The SMILES string of the molecule is CC(C)CC1OCCCC1C#N. The van der Waals surface area contributed by atoms with Gasteiger partial charge < -0.3 is 4.74 Å². The van der Waals surface area contributed by atoms with Crippen LogP contribution in [0.25, 0.3) is 0 Å². The summed E-state index contributed by atoms with van der Waals surface area (Å²) < 4.78 is 5.57. The van der Waals surface area contributed by atoms with Crippen LogP contribution in [-0.4, -0.2) is 12.7 Å². The van der Waals surface area contributed by atoms with Crippen LogP contribution < -0.4 is 0 Å². The lowest BCUT2D eigenvalue weighted by Crippen LogP contribution is -2.29. The van der Waals surface area contributed by atoms with Gasteiger partial charge in [-0.3, -0.25) is 0 Å². The second-order valence-corrected chi connectivity index (χ2v) is 3.92. The number of hydrogen-bond donors (Lipinski definition) is 0. The van der Waals surface area contributed by atoms with Gasteiger partial charge in [0.25, 0.3) is 0 Å². The Kier molecular flexibility index (Phi) is 3.55. The minimum Gasteiger partial charge on any atom is -0.377 e. The van der Waals surface area contributed by atoms with Crippen molar-refractivity contribution in [2.24, 2.45) is 11.8 Å². The molecule has 0 N–H and O–H groups in total. The van der Waals surface area contributed by atoms with Crippen molar-refractivity contribution in [2.45, 2.75) is 39.2 Å². The number of nitrogens with zero attached hydrogens (tertiary/aromatic N) is 1. The zero-order valence-corrected chi connectivity index (χ0v) is 7.92. The van der Waals surface area contributed by atoms with Crippen molar-refractivity contribution >= 4 is 0 Å². The van der Waals surface area contributed by atoms with Crippen LogP contribution in [0.15, 0.2) is 0 Å². The van der Waals surface area contributed by atoms with Gasteiger partial charge in [0.1, 0.15) is 0 Å². The molecule has 1 saturated heterocycles. The Morgan fingerprint density at radius 3 is 2.92 bits per heavy atom. The lowest BCUT2D eigenvalue weighted by atomic mass is 9.90. The molecule has 2 nitrogen and oxygen atoms in total. The standard InChI is InChI=1S/C10H17NO/c1-8(2)6-10-9(7-11)4-3-5-12-10/h8-10H,3-6H2,1-2H3. The smallest absolute Gasteiger partial charge is 0.0735 e. The summed E-state index contributed by atoms with van der Waals surface area (Å²) >= 11 is 0. The molecular weight excluding hydrogens is 150 g/mol. The second kappa shape index (κ2) is 4.47. The fourth-order valence-corrected chi connectivity index (χ4v) is 1.68. The van der Waals surface area contributed by atoms with E-state index >= 15 is 0 Å². The van der Waals surface area contributed by atoms with E-state index in [1.54, 1.807) is 0 Å². The van der Waals surface area contributed by atoms with Crippen molar-refractivity contribution in [3.63, 3.8) is 0 Å². The molecule has 0 aromatic rings. The lowest BCUT2D eigenvalue weighted by Gasteiger charge is -2.28. The van der Waals surface area contributed by atoms with Crippen LogP contribution in [0.2, 0.25) is 0 Å². The average molecular weight is 167 g/mol. The largest absolute Gasteiger partial charge is 0.377 e. The highest BCUT2D eigenvalue weighted by atomic mass is 16.5. The Labute approximate surface area is 74.5 Å². The maximum atomic E-state index is 8.84. The highest BCUT2D eigenvalue weighted by Gasteiger charge is 2.25. The summed E-state index contributed by atoms with van der Waals surface area (Å²) in [5.74, 6) is 0.769. The van der Waals surface area contributed by atoms with Crippen molar-refractivity contribution < 1.29 is 4.74 Å². The molecule has 0 amide bonds. The van der Waals surface area contributed by atoms with Crippen LogP contribution in [0.4, 0.5) is 0 Å². The van der Waals surface area contributed by atoms with Crippen LogP contribution in [0.3, 0.4) is 0 Å². The molecule has 0 aliphatic carbocycles. The van der Waals surface area contributed by atoms with Gasteiger partial charge in [-0.05, 0) is 25.2 Å². The highest BCUT2D eigenvalue weighted by molar-refractivity contribution is 4.91. The van der Waals surface area contributed by atoms with E-state index in [0.29, 0.717) is 5.92 Å². The van der Waals surface area contributed by atoms with Gasteiger partial charge in [0, 0.05) is 6.61 Å². The first kappa shape index (κ1) is 9.54. The topological polar surface area (TPSA) is 33.0 Å². The van der Waals surface area contributed by atoms with E-state index in [0.717, 1.165) is 25.9 Å². The van der Waals surface area contributed by atoms with Gasteiger partial charge in [0.05, 0.1) is 18.1 Å². The predicted octanol–water partition coefficient (Wildman–Crippen LogP) is 2.35. The van der Waals surface area contributed by atoms with Gasteiger partial charge in [0.2, 0.25) is 0 Å². The molecule has 68 valence electrons. The fraction of sp³-hybridized carbons (Fsp3) is 0.900. The summed E-state index contributed by atoms with van der Waals surface area (Å²) in [6.45, 7) is 5.19. The maximum Gasteiger partial charge on any atom is 0.0735 e. The predicted molar refractivity (Wildman–Crippen MR) is 47.5 cm³/mol. The zero-order valence-electron chi connectivity index (χ0n) is 7.92. The summed E-state index contributed by atoms with van der Waals surface area (Å²) in [6, 6.07) is 2.33. The molecule has 0 bridgehead atoms. The minimum absolute atomic E-state index is 0.140. The fourth-order valence-electron chi connectivity index (χ4n) is 1.68. The Bertz CT molecular complexity index is 171. The molecule has 1 aliphatic rings. The van der Waals surface area contributed by atoms with Crippen molar-refractivity contribution in [1.29, 1.82) is 5.26 Å². The van der Waals surface area contributed by atoms with Crippen molar-refractivity contribution in [3.8, 4) is 6.07 Å². The first-order valence-electron chi connectivity index (χ1n) is 4.75. The first-order chi connectivity index (χ1) is 5.74. The third-order valence-electron chi connectivity index (χ3n) is 2.31. The molecule has 0 spiro atoms. The molecule has 2 unspecified atom stereocenters. The summed E-state index contributed by atoms with van der Waals surface area (Å²) in [5, 5.41) is 8.84. The zero-order chi connectivity index (χ0) is 8.97. The van der Waals surface area contributed by atoms with Gasteiger partial charge in [-0.2, -0.15) is 5.26 Å². The van der Waals surface area contributed by atoms with Gasteiger partial charge in [0.15, 0.2) is 0 Å². The summed E-state index contributed by atoms with van der Waals surface area (Å²) in [5.41, 5.74) is 0. The Morgan fingerprint density at radius 1 is 1.58 bits per heavy atom. The number of nitriles is 1. The highest BCUT2D eigenvalue weighted by Crippen LogP contribution is 2.24. The molecule has 1 heterocycles. The molecule has 1 aliphatic heterocycles. The van der Waals surface area contributed by atoms with E-state index < -0.39 is 0 Å². The number of ether oxygens (including phenoxy) is 1. The number of rotatable bonds is 2. The van der Waals surface area contributed by atoms with E-state index in [9.17, 15) is 0 Å². The van der Waals surface area contributed by atoms with Crippen LogP contribution >= 0.6 is 0 Å². The molecule has 0 saturated carbocycles. The molecule has 0 aromatic carbocycles. The number of hydrogen-bond acceptors (Lipinski definition) is 2. The Hall–Kier alpha value is -0.550. The van der Waals surface area contributed by atoms with E-state index in [4.69, 9.17) is 10.00 Å². The molecule has 12 heavy (non-hydrogen) atoms. The monoisotopic (exact) mass is 167 g/mol. The van der Waals surface area contributed by atoms with Gasteiger partial charge >= 0.3 is 0 Å². The third-order valence-corrected chi connectivity index (χ3v) is 2.31. The molecule has 1 rings (SSSR count). The van der Waals surface area contributed by atoms with E-state index in [2.05, 4.69) is 19.9 Å². The average Bonchev–Trinajstić information content (AvgIpc) is 2.04. The van der Waals surface area contributed by atoms with E-state index in [1.807, 2.05) is 0 Å². The van der Waals surface area contributed by atoms with Crippen molar-refractivity contribution in [1.82, 2.24) is 0 Å². The Balaban J connectivity index is 2.43. The van der Waals surface area contributed by atoms with Gasteiger partial charge in [-0.25, -0.2) is 0 Å². The van der Waals surface area contributed by atoms with Crippen LogP contribution in [0.1, 0.15) is 33.1 Å². The van der Waals surface area contributed by atoms with E-state index in [1.165, 1.54) is 0 Å². The molecule has 1 fully saturated rings. The van der Waals surface area contributed by atoms with Crippen LogP contribution in [-0.2, 0) is 4.74 Å². The maximum absolute atomic E-state index is 8.84. The van der Waals surface area contributed by atoms with Crippen molar-refractivity contribution in [3.05, 3.63) is 0 Å². The molecular formula is C10H17NO. The van der Waals surface area contributed by atoms with Crippen LogP contribution in [0, 0.1) is 23.2 Å². The van der Waals surface area contributed by atoms with Gasteiger partial charge in [-0.1, -0.05) is 13.8 Å². The van der Waals surface area contributed by atoms with Crippen molar-refractivity contribution in [2.75, 3.05) is 6.61 Å². The van der Waals surface area contributed by atoms with E-state index in [-0.39, 0.29) is 12.0 Å². The molecule has 2 heteroatoms. The normalized spacial score (nSPS) is 30.2. The molecule has 0 radical (unpaired) electrons. The summed E-state index contributed by atoms with van der Waals surface area (Å²) in [4.78, 5) is 0. The van der Waals surface area contributed by atoms with Crippen LogP contribution in [0.5, 0.6) is 0 Å².